The Hall–Kier alpha value is -5.21. The van der Waals surface area contributed by atoms with Crippen LogP contribution in [0.25, 0.3) is 44.3 Å². The molecule has 2 N–H and O–H groups in total. The summed E-state index contributed by atoms with van der Waals surface area (Å²) in [4.78, 5) is 36.4. The molecule has 4 aromatic carbocycles. The minimum atomic E-state index is -0.609. The fourth-order valence-corrected chi connectivity index (χ4v) is 5.10. The van der Waals surface area contributed by atoms with Gasteiger partial charge in [0.2, 0.25) is 0 Å². The molecule has 0 aliphatic carbocycles. The molecule has 8 heteroatoms. The normalized spacial score (nSPS) is 11.2. The number of nitrogens with zero attached hydrogens (tertiary/aromatic N) is 3. The van der Waals surface area contributed by atoms with Crippen molar-refractivity contribution >= 4 is 27.9 Å². The van der Waals surface area contributed by atoms with Gasteiger partial charge in [0.25, 0.3) is 0 Å². The number of nitrogens with two attached hydrogens (primary N) is 1. The quantitative estimate of drug-likeness (QED) is 0.248. The molecular formula is C34H30N4O4. The maximum absolute atomic E-state index is 14.0. The molecule has 0 unspecified atom stereocenters. The highest BCUT2D eigenvalue weighted by atomic mass is 16.7. The van der Waals surface area contributed by atoms with E-state index in [2.05, 4.69) is 4.57 Å². The predicted octanol–water partition coefficient (Wildman–Crippen LogP) is 5.59. The third kappa shape index (κ3) is 5.40. The van der Waals surface area contributed by atoms with Gasteiger partial charge in [0.15, 0.2) is 0 Å². The Morgan fingerprint density at radius 2 is 1.64 bits per heavy atom. The molecule has 0 amide bonds. The molecule has 0 saturated heterocycles. The van der Waals surface area contributed by atoms with E-state index in [0.717, 1.165) is 38.7 Å². The summed E-state index contributed by atoms with van der Waals surface area (Å²) < 4.78 is 9.23. The second kappa shape index (κ2) is 11.7. The first-order valence-electron chi connectivity index (χ1n) is 13.8. The van der Waals surface area contributed by atoms with Crippen LogP contribution in [0, 0.1) is 0 Å². The Bertz CT molecular complexity index is 1950. The van der Waals surface area contributed by atoms with E-state index in [9.17, 15) is 9.59 Å². The number of hydrogen-bond donors (Lipinski definition) is 1. The molecule has 0 bridgehead atoms. The summed E-state index contributed by atoms with van der Waals surface area (Å²) >= 11 is 0. The second-order valence-corrected chi connectivity index (χ2v) is 10.0. The summed E-state index contributed by atoms with van der Waals surface area (Å²) in [6.45, 7) is 2.88. The Balaban J connectivity index is 1.51. The van der Waals surface area contributed by atoms with Gasteiger partial charge in [0, 0.05) is 36.1 Å². The lowest BCUT2D eigenvalue weighted by Crippen LogP contribution is -2.31. The Morgan fingerprint density at radius 3 is 2.38 bits per heavy atom. The van der Waals surface area contributed by atoms with E-state index in [1.165, 1.54) is 6.92 Å². The number of ether oxygens (including phenoxy) is 1. The van der Waals surface area contributed by atoms with Gasteiger partial charge in [-0.1, -0.05) is 66.7 Å². The highest BCUT2D eigenvalue weighted by Gasteiger charge is 2.20. The number of hydrogen-bond acceptors (Lipinski definition) is 6. The van der Waals surface area contributed by atoms with Crippen molar-refractivity contribution in [2.24, 2.45) is 5.73 Å². The average Bonchev–Trinajstić information content (AvgIpc) is 3.38. The number of fused-ring (bicyclic) bond motifs is 2. The summed E-state index contributed by atoms with van der Waals surface area (Å²) in [7, 11) is 0. The maximum Gasteiger partial charge on any atom is 0.330 e. The molecule has 2 heterocycles. The van der Waals surface area contributed by atoms with E-state index in [4.69, 9.17) is 20.3 Å². The highest BCUT2D eigenvalue weighted by Crippen LogP contribution is 2.33. The van der Waals surface area contributed by atoms with Gasteiger partial charge in [-0.2, -0.15) is 0 Å². The zero-order chi connectivity index (χ0) is 29.1. The van der Waals surface area contributed by atoms with Crippen LogP contribution in [0.1, 0.15) is 18.9 Å². The lowest BCUT2D eigenvalue weighted by molar-refractivity contribution is -0.141. The first-order valence-corrected chi connectivity index (χ1v) is 13.8. The summed E-state index contributed by atoms with van der Waals surface area (Å²) in [6, 6.07) is 31.1. The van der Waals surface area contributed by atoms with E-state index >= 15 is 0 Å². The largest absolute Gasteiger partial charge is 0.489 e. The number of rotatable bonds is 9. The molecule has 6 aromatic rings. The molecule has 42 heavy (non-hydrogen) atoms. The molecule has 2 aromatic heterocycles. The molecule has 0 atom stereocenters. The molecule has 8 nitrogen and oxygen atoms in total. The van der Waals surface area contributed by atoms with Crippen molar-refractivity contribution in [3.8, 4) is 28.1 Å². The van der Waals surface area contributed by atoms with Gasteiger partial charge >= 0.3 is 11.5 Å². The SMILES string of the molecule is CC(=O)On1c(=O)c(-c2cn(CCCN)c3ccc(OCc4ccccc4)cc23)nc2ccc(-c3ccccc3)cc21. The third-order valence-electron chi connectivity index (χ3n) is 7.10. The second-order valence-electron chi connectivity index (χ2n) is 10.0. The number of carbonyl (C=O) groups excluding carboxylic acids is 1. The van der Waals surface area contributed by atoms with E-state index in [-0.39, 0.29) is 5.69 Å². The van der Waals surface area contributed by atoms with Crippen LogP contribution >= 0.6 is 0 Å². The van der Waals surface area contributed by atoms with Crippen LogP contribution in [0.4, 0.5) is 0 Å². The number of benzene rings is 4. The zero-order valence-corrected chi connectivity index (χ0v) is 23.2. The molecule has 6 rings (SSSR count). The lowest BCUT2D eigenvalue weighted by atomic mass is 10.0. The van der Waals surface area contributed by atoms with Crippen LogP contribution in [0.5, 0.6) is 5.75 Å². The molecule has 0 radical (unpaired) electrons. The van der Waals surface area contributed by atoms with Crippen molar-refractivity contribution in [2.45, 2.75) is 26.5 Å². The van der Waals surface area contributed by atoms with Gasteiger partial charge in [-0.25, -0.2) is 9.78 Å². The lowest BCUT2D eigenvalue weighted by Gasteiger charge is -2.12. The van der Waals surface area contributed by atoms with Crippen LogP contribution < -0.4 is 20.9 Å². The minimum absolute atomic E-state index is 0.174. The van der Waals surface area contributed by atoms with E-state index < -0.39 is 11.5 Å². The summed E-state index contributed by atoms with van der Waals surface area (Å²) in [5.74, 6) is 0.0559. The smallest absolute Gasteiger partial charge is 0.330 e. The fraction of sp³-hybridized carbons (Fsp3) is 0.147. The van der Waals surface area contributed by atoms with Crippen molar-refractivity contribution < 1.29 is 14.4 Å². The van der Waals surface area contributed by atoms with E-state index in [0.29, 0.717) is 42.0 Å². The van der Waals surface area contributed by atoms with Gasteiger partial charge in [-0.3, -0.25) is 4.79 Å². The predicted molar refractivity (Wildman–Crippen MR) is 164 cm³/mol. The van der Waals surface area contributed by atoms with E-state index in [1.54, 1.807) is 0 Å². The van der Waals surface area contributed by atoms with Gasteiger partial charge in [-0.05, 0) is 60.0 Å². The minimum Gasteiger partial charge on any atom is -0.489 e. The molecule has 210 valence electrons. The first-order chi connectivity index (χ1) is 20.5. The van der Waals surface area contributed by atoms with E-state index in [1.807, 2.05) is 103 Å². The van der Waals surface area contributed by atoms with Crippen molar-refractivity contribution in [1.29, 1.82) is 0 Å². The molecule has 0 fully saturated rings. The van der Waals surface area contributed by atoms with Crippen molar-refractivity contribution in [2.75, 3.05) is 6.54 Å². The number of carbonyl (C=O) groups is 1. The van der Waals surface area contributed by atoms with Gasteiger partial charge in [0.05, 0.1) is 5.52 Å². The Morgan fingerprint density at radius 1 is 0.881 bits per heavy atom. The zero-order valence-electron chi connectivity index (χ0n) is 23.2. The van der Waals surface area contributed by atoms with Crippen molar-refractivity contribution in [1.82, 2.24) is 14.3 Å². The third-order valence-corrected chi connectivity index (χ3v) is 7.10. The van der Waals surface area contributed by atoms with Gasteiger partial charge in [0.1, 0.15) is 23.6 Å². The Kier molecular flexibility index (Phi) is 7.53. The molecular weight excluding hydrogens is 528 g/mol. The first kappa shape index (κ1) is 27.0. The molecule has 0 saturated carbocycles. The van der Waals surface area contributed by atoms with Crippen LogP contribution in [0.3, 0.4) is 0 Å². The van der Waals surface area contributed by atoms with Crippen LogP contribution in [-0.2, 0) is 17.9 Å². The van der Waals surface area contributed by atoms with Crippen LogP contribution in [-0.4, -0.2) is 26.8 Å². The molecule has 0 aliphatic rings. The summed E-state index contributed by atoms with van der Waals surface area (Å²) in [6.07, 6.45) is 2.67. The van der Waals surface area contributed by atoms with Crippen LogP contribution in [0.2, 0.25) is 0 Å². The summed E-state index contributed by atoms with van der Waals surface area (Å²) in [5, 5.41) is 0.803. The molecule has 0 aliphatic heterocycles. The topological polar surface area (TPSA) is 101 Å². The van der Waals surface area contributed by atoms with Crippen LogP contribution in [0.15, 0.2) is 108 Å². The average molecular weight is 559 g/mol. The summed E-state index contributed by atoms with van der Waals surface area (Å²) in [5.41, 5.74) is 10.8. The van der Waals surface area contributed by atoms with Gasteiger partial charge < -0.3 is 19.9 Å². The van der Waals surface area contributed by atoms with Gasteiger partial charge in [-0.15, -0.1) is 4.73 Å². The standard InChI is InChI=1S/C34H30N4O4/c1-23(39)42-38-32-19-26(25-11-6-3-7-12-25)13-15-30(32)36-33(34(38)40)29-21-37(18-8-17-35)31-16-14-27(20-28(29)31)41-22-24-9-4-2-5-10-24/h2-7,9-16,19-21H,8,17-18,22,35H2,1H3. The monoisotopic (exact) mass is 558 g/mol. The Labute approximate surface area is 242 Å². The molecule has 0 spiro atoms. The highest BCUT2D eigenvalue weighted by molar-refractivity contribution is 5.97. The number of aryl methyl sites for hydroxylation is 1. The van der Waals surface area contributed by atoms with Crippen molar-refractivity contribution in [3.63, 3.8) is 0 Å². The fourth-order valence-electron chi connectivity index (χ4n) is 5.10. The maximum atomic E-state index is 14.0. The van der Waals surface area contributed by atoms with Crippen molar-refractivity contribution in [3.05, 3.63) is 119 Å². The number of aromatic nitrogens is 3.